The van der Waals surface area contributed by atoms with Gasteiger partial charge in [-0.15, -0.1) is 0 Å². The van der Waals surface area contributed by atoms with Crippen molar-refractivity contribution in [2.24, 2.45) is 0 Å². The molecule has 1 N–H and O–H groups in total. The van der Waals surface area contributed by atoms with Crippen molar-refractivity contribution in [3.8, 4) is 5.75 Å². The minimum Gasteiger partial charge on any atom is -0.494 e. The van der Waals surface area contributed by atoms with Crippen molar-refractivity contribution in [3.63, 3.8) is 0 Å². The van der Waals surface area contributed by atoms with Gasteiger partial charge in [-0.25, -0.2) is 0 Å². The van der Waals surface area contributed by atoms with Gasteiger partial charge in [0.05, 0.1) is 29.5 Å². The molecule has 0 aliphatic carbocycles. The maximum absolute atomic E-state index is 12.7. The Bertz CT molecular complexity index is 728. The van der Waals surface area contributed by atoms with Crippen LogP contribution in [0.1, 0.15) is 35.0 Å². The van der Waals surface area contributed by atoms with E-state index in [-0.39, 0.29) is 23.3 Å². The molecule has 134 valence electrons. The standard InChI is InChI=1S/C18H20Cl2N2O3/c1-24-17-13(20)7-6-12(19)16(17)18(23)21-11-14(15-5-4-10-25-15)22-8-2-3-9-22/h4-7,10,14H,2-3,8-9,11H2,1H3,(H,21,23). The van der Waals surface area contributed by atoms with E-state index in [0.717, 1.165) is 31.7 Å². The van der Waals surface area contributed by atoms with Crippen molar-refractivity contribution in [2.45, 2.75) is 18.9 Å². The Morgan fingerprint density at radius 1 is 1.28 bits per heavy atom. The van der Waals surface area contributed by atoms with Crippen LogP contribution in [0.25, 0.3) is 0 Å². The number of nitrogens with one attached hydrogen (secondary N) is 1. The molecule has 7 heteroatoms. The number of hydrogen-bond donors (Lipinski definition) is 1. The van der Waals surface area contributed by atoms with Crippen LogP contribution in [-0.2, 0) is 0 Å². The predicted octanol–water partition coefficient (Wildman–Crippen LogP) is 4.16. The van der Waals surface area contributed by atoms with Crippen molar-refractivity contribution in [1.82, 2.24) is 10.2 Å². The van der Waals surface area contributed by atoms with Gasteiger partial charge in [0.25, 0.3) is 5.91 Å². The van der Waals surface area contributed by atoms with Crippen LogP contribution in [0.15, 0.2) is 34.9 Å². The van der Waals surface area contributed by atoms with E-state index < -0.39 is 0 Å². The van der Waals surface area contributed by atoms with Gasteiger partial charge in [0.2, 0.25) is 0 Å². The second-order valence-electron chi connectivity index (χ2n) is 5.92. The molecular weight excluding hydrogens is 363 g/mol. The van der Waals surface area contributed by atoms with E-state index in [1.54, 1.807) is 18.4 Å². The smallest absolute Gasteiger partial charge is 0.256 e. The fourth-order valence-corrected chi connectivity index (χ4v) is 3.64. The summed E-state index contributed by atoms with van der Waals surface area (Å²) in [7, 11) is 1.46. The van der Waals surface area contributed by atoms with Crippen molar-refractivity contribution >= 4 is 29.1 Å². The first-order valence-corrected chi connectivity index (χ1v) is 8.95. The van der Waals surface area contributed by atoms with Crippen LogP contribution in [-0.4, -0.2) is 37.6 Å². The number of amides is 1. The number of halogens is 2. The summed E-state index contributed by atoms with van der Waals surface area (Å²) >= 11 is 12.3. The molecule has 3 rings (SSSR count). The summed E-state index contributed by atoms with van der Waals surface area (Å²) in [5.41, 5.74) is 0.247. The van der Waals surface area contributed by atoms with Gasteiger partial charge in [-0.2, -0.15) is 0 Å². The van der Waals surface area contributed by atoms with E-state index in [2.05, 4.69) is 10.2 Å². The van der Waals surface area contributed by atoms with E-state index in [4.69, 9.17) is 32.4 Å². The quantitative estimate of drug-likeness (QED) is 0.814. The lowest BCUT2D eigenvalue weighted by molar-refractivity contribution is 0.0931. The van der Waals surface area contributed by atoms with Gasteiger partial charge in [-0.05, 0) is 50.2 Å². The lowest BCUT2D eigenvalue weighted by Gasteiger charge is -2.26. The van der Waals surface area contributed by atoms with Crippen LogP contribution in [0.4, 0.5) is 0 Å². The third-order valence-electron chi connectivity index (χ3n) is 4.40. The van der Waals surface area contributed by atoms with Crippen LogP contribution < -0.4 is 10.1 Å². The summed E-state index contributed by atoms with van der Waals surface area (Å²) in [6, 6.07) is 6.98. The molecule has 1 aromatic carbocycles. The topological polar surface area (TPSA) is 54.7 Å². The van der Waals surface area contributed by atoms with E-state index in [1.807, 2.05) is 12.1 Å². The molecule has 2 aromatic rings. The largest absolute Gasteiger partial charge is 0.494 e. The normalized spacial score (nSPS) is 16.0. The Morgan fingerprint density at radius 3 is 2.64 bits per heavy atom. The first-order valence-electron chi connectivity index (χ1n) is 8.19. The number of methoxy groups -OCH3 is 1. The number of benzene rings is 1. The molecule has 5 nitrogen and oxygen atoms in total. The molecule has 0 saturated carbocycles. The van der Waals surface area contributed by atoms with Gasteiger partial charge in [-0.1, -0.05) is 23.2 Å². The molecule has 25 heavy (non-hydrogen) atoms. The van der Waals surface area contributed by atoms with Gasteiger partial charge < -0.3 is 14.5 Å². The van der Waals surface area contributed by atoms with Crippen LogP contribution in [0.5, 0.6) is 5.75 Å². The zero-order valence-electron chi connectivity index (χ0n) is 13.9. The zero-order valence-corrected chi connectivity index (χ0v) is 15.4. The van der Waals surface area contributed by atoms with Crippen molar-refractivity contribution in [2.75, 3.05) is 26.7 Å². The highest BCUT2D eigenvalue weighted by atomic mass is 35.5. The van der Waals surface area contributed by atoms with E-state index >= 15 is 0 Å². The molecular formula is C18H20Cl2N2O3. The molecule has 0 bridgehead atoms. The Labute approximate surface area is 156 Å². The first kappa shape index (κ1) is 18.1. The molecule has 1 aliphatic heterocycles. The molecule has 1 amide bonds. The summed E-state index contributed by atoms with van der Waals surface area (Å²) in [5.74, 6) is 0.800. The summed E-state index contributed by atoms with van der Waals surface area (Å²) in [6.07, 6.45) is 3.95. The molecule has 1 fully saturated rings. The fraction of sp³-hybridized carbons (Fsp3) is 0.389. The molecule has 1 saturated heterocycles. The molecule has 1 aromatic heterocycles. The second-order valence-corrected chi connectivity index (χ2v) is 6.74. The number of rotatable bonds is 6. The van der Waals surface area contributed by atoms with E-state index in [1.165, 1.54) is 7.11 Å². The molecule has 1 atom stereocenters. The van der Waals surface area contributed by atoms with Crippen molar-refractivity contribution in [1.29, 1.82) is 0 Å². The Kier molecular flexibility index (Phi) is 5.89. The van der Waals surface area contributed by atoms with Crippen LogP contribution in [0.3, 0.4) is 0 Å². The lowest BCUT2D eigenvalue weighted by Crippen LogP contribution is -2.36. The van der Waals surface area contributed by atoms with Gasteiger partial charge in [0, 0.05) is 6.54 Å². The number of carbonyl (C=O) groups is 1. The Balaban J connectivity index is 1.77. The van der Waals surface area contributed by atoms with E-state index in [0.29, 0.717) is 16.6 Å². The summed E-state index contributed by atoms with van der Waals surface area (Å²) < 4.78 is 10.8. The lowest BCUT2D eigenvalue weighted by atomic mass is 10.1. The molecule has 2 heterocycles. The number of ether oxygens (including phenoxy) is 1. The number of carbonyl (C=O) groups excluding carboxylic acids is 1. The first-order chi connectivity index (χ1) is 12.1. The summed E-state index contributed by atoms with van der Waals surface area (Å²) in [5, 5.41) is 3.59. The number of hydrogen-bond acceptors (Lipinski definition) is 4. The maximum Gasteiger partial charge on any atom is 0.256 e. The fourth-order valence-electron chi connectivity index (χ4n) is 3.17. The Hall–Kier alpha value is -1.69. The third kappa shape index (κ3) is 3.94. The second kappa shape index (κ2) is 8.13. The van der Waals surface area contributed by atoms with Crippen molar-refractivity contribution in [3.05, 3.63) is 51.9 Å². The van der Waals surface area contributed by atoms with Gasteiger partial charge in [0.15, 0.2) is 5.75 Å². The molecule has 1 unspecified atom stereocenters. The zero-order chi connectivity index (χ0) is 17.8. The number of likely N-dealkylation sites (tertiary alicyclic amines) is 1. The maximum atomic E-state index is 12.7. The van der Waals surface area contributed by atoms with Crippen LogP contribution >= 0.6 is 23.2 Å². The van der Waals surface area contributed by atoms with Crippen LogP contribution in [0.2, 0.25) is 10.0 Å². The third-order valence-corrected chi connectivity index (χ3v) is 5.01. The molecule has 0 spiro atoms. The van der Waals surface area contributed by atoms with Gasteiger partial charge in [0.1, 0.15) is 11.3 Å². The minimum atomic E-state index is -0.319. The Morgan fingerprint density at radius 2 is 2.00 bits per heavy atom. The monoisotopic (exact) mass is 382 g/mol. The van der Waals surface area contributed by atoms with Crippen LogP contribution in [0, 0.1) is 0 Å². The van der Waals surface area contributed by atoms with Gasteiger partial charge >= 0.3 is 0 Å². The van der Waals surface area contributed by atoms with Crippen molar-refractivity contribution < 1.29 is 13.9 Å². The molecule has 1 aliphatic rings. The SMILES string of the molecule is COc1c(Cl)ccc(Cl)c1C(=O)NCC(c1ccco1)N1CCCC1. The summed E-state index contributed by atoms with van der Waals surface area (Å²) in [6.45, 7) is 2.39. The van der Waals surface area contributed by atoms with E-state index in [9.17, 15) is 4.79 Å². The highest BCUT2D eigenvalue weighted by Crippen LogP contribution is 2.34. The number of nitrogens with zero attached hydrogens (tertiary/aromatic N) is 1. The highest BCUT2D eigenvalue weighted by Gasteiger charge is 2.27. The summed E-state index contributed by atoms with van der Waals surface area (Å²) in [4.78, 5) is 15.0. The highest BCUT2D eigenvalue weighted by molar-refractivity contribution is 6.37. The van der Waals surface area contributed by atoms with Gasteiger partial charge in [-0.3, -0.25) is 9.69 Å². The molecule has 0 radical (unpaired) electrons. The number of furan rings is 1. The average molecular weight is 383 g/mol. The average Bonchev–Trinajstić information content (AvgIpc) is 3.30. The predicted molar refractivity (Wildman–Crippen MR) is 97.6 cm³/mol. The minimum absolute atomic E-state index is 0.00888.